The summed E-state index contributed by atoms with van der Waals surface area (Å²) >= 11 is 0. The van der Waals surface area contributed by atoms with Gasteiger partial charge >= 0.3 is 0 Å². The van der Waals surface area contributed by atoms with Gasteiger partial charge in [-0.15, -0.1) is 5.10 Å². The molecule has 0 bridgehead atoms. The number of benzene rings is 1. The standard InChI is InChI=1S/C19H22N6O/c1-5-15-8-13(3)20-17(21-15)10-14-7-6-12(2)16(9-14)19(26)22-18-11-25(4)24-23-18/h6-9,11H,5,10H2,1-4H3,(H,22,26). The maximum absolute atomic E-state index is 12.6. The Morgan fingerprint density at radius 1 is 1.19 bits per heavy atom. The zero-order valence-corrected chi connectivity index (χ0v) is 15.4. The predicted molar refractivity (Wildman–Crippen MR) is 99.1 cm³/mol. The van der Waals surface area contributed by atoms with E-state index in [-0.39, 0.29) is 5.91 Å². The molecule has 0 aliphatic heterocycles. The lowest BCUT2D eigenvalue weighted by Gasteiger charge is -2.09. The van der Waals surface area contributed by atoms with E-state index in [0.29, 0.717) is 17.8 Å². The molecule has 1 amide bonds. The Morgan fingerprint density at radius 2 is 2.00 bits per heavy atom. The van der Waals surface area contributed by atoms with Crippen molar-refractivity contribution in [2.75, 3.05) is 5.32 Å². The molecule has 26 heavy (non-hydrogen) atoms. The Balaban J connectivity index is 1.83. The van der Waals surface area contributed by atoms with Crippen LogP contribution in [0.2, 0.25) is 0 Å². The molecule has 0 aliphatic rings. The van der Waals surface area contributed by atoms with Gasteiger partial charge in [0, 0.05) is 30.4 Å². The molecule has 1 aromatic carbocycles. The van der Waals surface area contributed by atoms with E-state index in [1.54, 1.807) is 17.9 Å². The summed E-state index contributed by atoms with van der Waals surface area (Å²) in [7, 11) is 1.75. The molecule has 3 rings (SSSR count). The van der Waals surface area contributed by atoms with Crippen molar-refractivity contribution in [3.63, 3.8) is 0 Å². The van der Waals surface area contributed by atoms with E-state index >= 15 is 0 Å². The lowest BCUT2D eigenvalue weighted by molar-refractivity contribution is 0.102. The van der Waals surface area contributed by atoms with Gasteiger partial charge in [-0.2, -0.15) is 0 Å². The van der Waals surface area contributed by atoms with Gasteiger partial charge in [0.05, 0.1) is 6.20 Å². The first-order valence-corrected chi connectivity index (χ1v) is 8.55. The quantitative estimate of drug-likeness (QED) is 0.764. The molecule has 0 fully saturated rings. The topological polar surface area (TPSA) is 85.6 Å². The third-order valence-electron chi connectivity index (χ3n) is 4.07. The number of amides is 1. The van der Waals surface area contributed by atoms with Crippen LogP contribution >= 0.6 is 0 Å². The maximum Gasteiger partial charge on any atom is 0.257 e. The summed E-state index contributed by atoms with van der Waals surface area (Å²) in [5.41, 5.74) is 4.48. The smallest absolute Gasteiger partial charge is 0.257 e. The molecule has 2 heterocycles. The van der Waals surface area contributed by atoms with Crippen LogP contribution in [0.25, 0.3) is 0 Å². The molecule has 7 nitrogen and oxygen atoms in total. The van der Waals surface area contributed by atoms with Gasteiger partial charge in [-0.05, 0) is 43.5 Å². The van der Waals surface area contributed by atoms with Crippen molar-refractivity contribution < 1.29 is 4.79 Å². The number of aromatic nitrogens is 5. The van der Waals surface area contributed by atoms with Crippen LogP contribution in [0.4, 0.5) is 5.82 Å². The fraction of sp³-hybridized carbons (Fsp3) is 0.316. The number of carbonyl (C=O) groups is 1. The van der Waals surface area contributed by atoms with Crippen LogP contribution in [0.1, 0.15) is 45.6 Å². The highest BCUT2D eigenvalue weighted by molar-refractivity contribution is 6.04. The summed E-state index contributed by atoms with van der Waals surface area (Å²) in [6, 6.07) is 7.83. The summed E-state index contributed by atoms with van der Waals surface area (Å²) in [6.45, 7) is 5.96. The fourth-order valence-electron chi connectivity index (χ4n) is 2.75. The van der Waals surface area contributed by atoms with Crippen LogP contribution in [-0.2, 0) is 19.9 Å². The molecule has 1 N–H and O–H groups in total. The van der Waals surface area contributed by atoms with Gasteiger partial charge in [0.15, 0.2) is 5.82 Å². The van der Waals surface area contributed by atoms with Gasteiger partial charge in [0.2, 0.25) is 0 Å². The molecule has 0 atom stereocenters. The minimum absolute atomic E-state index is 0.204. The normalized spacial score (nSPS) is 10.8. The number of nitrogens with zero attached hydrogens (tertiary/aromatic N) is 5. The van der Waals surface area contributed by atoms with E-state index in [2.05, 4.69) is 32.5 Å². The number of nitrogens with one attached hydrogen (secondary N) is 1. The number of rotatable bonds is 5. The molecule has 0 saturated heterocycles. The van der Waals surface area contributed by atoms with E-state index in [9.17, 15) is 4.79 Å². The molecule has 0 aliphatic carbocycles. The third-order valence-corrected chi connectivity index (χ3v) is 4.07. The van der Waals surface area contributed by atoms with E-state index in [1.165, 1.54) is 0 Å². The van der Waals surface area contributed by atoms with Crippen LogP contribution < -0.4 is 5.32 Å². The van der Waals surface area contributed by atoms with Gasteiger partial charge in [0.1, 0.15) is 5.82 Å². The van der Waals surface area contributed by atoms with Crippen LogP contribution in [0, 0.1) is 13.8 Å². The summed E-state index contributed by atoms with van der Waals surface area (Å²) in [5, 5.41) is 10.5. The average Bonchev–Trinajstić information content (AvgIpc) is 3.00. The van der Waals surface area contributed by atoms with Crippen molar-refractivity contribution in [1.29, 1.82) is 0 Å². The molecule has 134 valence electrons. The molecule has 0 spiro atoms. The highest BCUT2D eigenvalue weighted by Gasteiger charge is 2.13. The minimum atomic E-state index is -0.204. The van der Waals surface area contributed by atoms with Gasteiger partial charge in [0.25, 0.3) is 5.91 Å². The lowest BCUT2D eigenvalue weighted by atomic mass is 10.0. The third kappa shape index (κ3) is 4.11. The Bertz CT molecular complexity index is 947. The van der Waals surface area contributed by atoms with Crippen molar-refractivity contribution in [3.05, 3.63) is 64.4 Å². The van der Waals surface area contributed by atoms with E-state index in [0.717, 1.165) is 34.8 Å². The maximum atomic E-state index is 12.6. The second-order valence-electron chi connectivity index (χ2n) is 6.33. The van der Waals surface area contributed by atoms with Crippen molar-refractivity contribution in [1.82, 2.24) is 25.0 Å². The van der Waals surface area contributed by atoms with Crippen molar-refractivity contribution in [2.24, 2.45) is 7.05 Å². The molecule has 0 saturated carbocycles. The Labute approximate surface area is 152 Å². The van der Waals surface area contributed by atoms with Crippen LogP contribution in [0.5, 0.6) is 0 Å². The number of hydrogen-bond donors (Lipinski definition) is 1. The zero-order valence-electron chi connectivity index (χ0n) is 15.4. The molecular formula is C19H22N6O. The van der Waals surface area contributed by atoms with Gasteiger partial charge in [-0.25, -0.2) is 9.97 Å². The van der Waals surface area contributed by atoms with Crippen LogP contribution in [0.15, 0.2) is 30.5 Å². The minimum Gasteiger partial charge on any atom is -0.304 e. The van der Waals surface area contributed by atoms with Gasteiger partial charge in [-0.3, -0.25) is 9.48 Å². The highest BCUT2D eigenvalue weighted by atomic mass is 16.1. The summed E-state index contributed by atoms with van der Waals surface area (Å²) in [6.07, 6.45) is 3.11. The largest absolute Gasteiger partial charge is 0.304 e. The first-order chi connectivity index (χ1) is 12.4. The highest BCUT2D eigenvalue weighted by Crippen LogP contribution is 2.16. The number of carbonyl (C=O) groups excluding carboxylic acids is 1. The number of aryl methyl sites for hydroxylation is 4. The number of anilines is 1. The van der Waals surface area contributed by atoms with E-state index < -0.39 is 0 Å². The van der Waals surface area contributed by atoms with Crippen LogP contribution in [0.3, 0.4) is 0 Å². The molecule has 0 unspecified atom stereocenters. The fourth-order valence-corrected chi connectivity index (χ4v) is 2.75. The molecule has 3 aromatic rings. The average molecular weight is 350 g/mol. The first-order valence-electron chi connectivity index (χ1n) is 8.55. The lowest BCUT2D eigenvalue weighted by Crippen LogP contribution is -2.14. The first kappa shape index (κ1) is 17.7. The van der Waals surface area contributed by atoms with Crippen molar-refractivity contribution in [2.45, 2.75) is 33.6 Å². The van der Waals surface area contributed by atoms with Crippen molar-refractivity contribution >= 4 is 11.7 Å². The Morgan fingerprint density at radius 3 is 2.69 bits per heavy atom. The summed E-state index contributed by atoms with van der Waals surface area (Å²) in [5.74, 6) is 0.993. The van der Waals surface area contributed by atoms with Gasteiger partial charge < -0.3 is 5.32 Å². The second-order valence-corrected chi connectivity index (χ2v) is 6.33. The SMILES string of the molecule is CCc1cc(C)nc(Cc2ccc(C)c(C(=O)Nc3cn(C)nn3)c2)n1. The summed E-state index contributed by atoms with van der Waals surface area (Å²) < 4.78 is 1.54. The molecule has 2 aromatic heterocycles. The Hall–Kier alpha value is -3.09. The van der Waals surface area contributed by atoms with E-state index in [1.807, 2.05) is 38.1 Å². The monoisotopic (exact) mass is 350 g/mol. The Kier molecular flexibility index (Phi) is 5.06. The van der Waals surface area contributed by atoms with Crippen molar-refractivity contribution in [3.8, 4) is 0 Å². The van der Waals surface area contributed by atoms with Gasteiger partial charge in [-0.1, -0.05) is 24.3 Å². The molecule has 7 heteroatoms. The second kappa shape index (κ2) is 7.43. The van der Waals surface area contributed by atoms with E-state index in [4.69, 9.17) is 0 Å². The zero-order chi connectivity index (χ0) is 18.7. The van der Waals surface area contributed by atoms with Crippen LogP contribution in [-0.4, -0.2) is 30.9 Å². The number of hydrogen-bond acceptors (Lipinski definition) is 5. The molecule has 0 radical (unpaired) electrons. The molecular weight excluding hydrogens is 328 g/mol. The summed E-state index contributed by atoms with van der Waals surface area (Å²) in [4.78, 5) is 21.7. The predicted octanol–water partition coefficient (Wildman–Crippen LogP) is 2.63.